The molecule has 0 radical (unpaired) electrons. The molecule has 16 heavy (non-hydrogen) atoms. The largest absolute Gasteiger partial charge is 0.343 e. The van der Waals surface area contributed by atoms with Crippen LogP contribution < -0.4 is 0 Å². The maximum atomic E-state index is 11.9. The molecule has 1 saturated heterocycles. The minimum absolute atomic E-state index is 0.363. The molecular formula is C13H25NOS. The highest BCUT2D eigenvalue weighted by atomic mass is 32.1. The summed E-state index contributed by atoms with van der Waals surface area (Å²) < 4.78 is 0. The third kappa shape index (κ3) is 4.36. The predicted octanol–water partition coefficient (Wildman–Crippen LogP) is 2.98. The van der Waals surface area contributed by atoms with Gasteiger partial charge in [-0.05, 0) is 43.3 Å². The van der Waals surface area contributed by atoms with Gasteiger partial charge in [-0.25, -0.2) is 0 Å². The van der Waals surface area contributed by atoms with Crippen molar-refractivity contribution in [2.45, 2.75) is 46.0 Å². The Morgan fingerprint density at radius 2 is 2.12 bits per heavy atom. The van der Waals surface area contributed by atoms with E-state index in [4.69, 9.17) is 0 Å². The highest BCUT2D eigenvalue weighted by Gasteiger charge is 2.23. The van der Waals surface area contributed by atoms with Crippen molar-refractivity contribution in [1.82, 2.24) is 4.90 Å². The summed E-state index contributed by atoms with van der Waals surface area (Å²) in [4.78, 5) is 13.9. The quantitative estimate of drug-likeness (QED) is 0.581. The Labute approximate surface area is 105 Å². The molecule has 0 aromatic heterocycles. The Kier molecular flexibility index (Phi) is 6.25. The second kappa shape index (κ2) is 7.21. The van der Waals surface area contributed by atoms with Crippen molar-refractivity contribution in [1.29, 1.82) is 0 Å². The minimum Gasteiger partial charge on any atom is -0.343 e. The van der Waals surface area contributed by atoms with Gasteiger partial charge in [-0.3, -0.25) is 4.79 Å². The summed E-state index contributed by atoms with van der Waals surface area (Å²) in [5.41, 5.74) is 0. The Morgan fingerprint density at radius 3 is 2.75 bits per heavy atom. The van der Waals surface area contributed by atoms with E-state index >= 15 is 0 Å². The molecule has 3 heteroatoms. The van der Waals surface area contributed by atoms with Gasteiger partial charge < -0.3 is 4.90 Å². The molecule has 0 spiro atoms. The van der Waals surface area contributed by atoms with E-state index in [1.54, 1.807) is 0 Å². The zero-order valence-electron chi connectivity index (χ0n) is 10.6. The molecule has 1 unspecified atom stereocenters. The van der Waals surface area contributed by atoms with E-state index in [0.717, 1.165) is 50.4 Å². The first kappa shape index (κ1) is 13.9. The maximum absolute atomic E-state index is 11.9. The van der Waals surface area contributed by atoms with E-state index in [-0.39, 0.29) is 0 Å². The van der Waals surface area contributed by atoms with Crippen LogP contribution in [0.25, 0.3) is 0 Å². The summed E-state index contributed by atoms with van der Waals surface area (Å²) in [6, 6.07) is 0. The highest BCUT2D eigenvalue weighted by Crippen LogP contribution is 2.25. The van der Waals surface area contributed by atoms with Gasteiger partial charge in [-0.15, -0.1) is 0 Å². The zero-order chi connectivity index (χ0) is 12.0. The summed E-state index contributed by atoms with van der Waals surface area (Å²) in [6.07, 6.45) is 5.23. The number of amides is 1. The van der Waals surface area contributed by atoms with Gasteiger partial charge in [0.1, 0.15) is 0 Å². The van der Waals surface area contributed by atoms with Gasteiger partial charge >= 0.3 is 0 Å². The van der Waals surface area contributed by atoms with E-state index in [9.17, 15) is 4.79 Å². The van der Waals surface area contributed by atoms with E-state index < -0.39 is 0 Å². The van der Waals surface area contributed by atoms with Crippen LogP contribution in [0.4, 0.5) is 0 Å². The SMILES string of the molecule is CC(C)C1CCC(=O)N(CCCCS)CC1. The van der Waals surface area contributed by atoms with E-state index in [0.29, 0.717) is 11.8 Å². The zero-order valence-corrected chi connectivity index (χ0v) is 11.5. The summed E-state index contributed by atoms with van der Waals surface area (Å²) in [7, 11) is 0. The van der Waals surface area contributed by atoms with Gasteiger partial charge in [0.05, 0.1) is 0 Å². The Morgan fingerprint density at radius 1 is 1.38 bits per heavy atom. The number of likely N-dealkylation sites (tertiary alicyclic amines) is 1. The van der Waals surface area contributed by atoms with Crippen LogP contribution in [0.3, 0.4) is 0 Å². The van der Waals surface area contributed by atoms with Crippen LogP contribution in [0.5, 0.6) is 0 Å². The molecule has 0 aromatic rings. The first-order valence-electron chi connectivity index (χ1n) is 6.53. The number of carbonyl (C=O) groups is 1. The van der Waals surface area contributed by atoms with Crippen LogP contribution in [0.1, 0.15) is 46.0 Å². The first-order valence-corrected chi connectivity index (χ1v) is 7.17. The van der Waals surface area contributed by atoms with Crippen molar-refractivity contribution in [3.63, 3.8) is 0 Å². The topological polar surface area (TPSA) is 20.3 Å². The third-order valence-corrected chi connectivity index (χ3v) is 3.95. The van der Waals surface area contributed by atoms with Crippen molar-refractivity contribution in [3.8, 4) is 0 Å². The molecule has 0 N–H and O–H groups in total. The number of thiol groups is 1. The lowest BCUT2D eigenvalue weighted by Gasteiger charge is -2.21. The number of nitrogens with zero attached hydrogens (tertiary/aromatic N) is 1. The summed E-state index contributed by atoms with van der Waals surface area (Å²) in [6.45, 7) is 6.44. The van der Waals surface area contributed by atoms with Gasteiger partial charge in [0.15, 0.2) is 0 Å². The molecule has 0 saturated carbocycles. The van der Waals surface area contributed by atoms with Crippen molar-refractivity contribution in [3.05, 3.63) is 0 Å². The number of hydrogen-bond donors (Lipinski definition) is 1. The fourth-order valence-electron chi connectivity index (χ4n) is 2.38. The van der Waals surface area contributed by atoms with Crippen LogP contribution in [0.15, 0.2) is 0 Å². The van der Waals surface area contributed by atoms with Crippen LogP contribution in [-0.4, -0.2) is 29.6 Å². The molecule has 0 aromatic carbocycles. The van der Waals surface area contributed by atoms with Crippen molar-refractivity contribution in [2.24, 2.45) is 11.8 Å². The molecule has 1 amide bonds. The van der Waals surface area contributed by atoms with Gasteiger partial charge in [0.25, 0.3) is 0 Å². The average Bonchev–Trinajstić information content (AvgIpc) is 2.42. The van der Waals surface area contributed by atoms with Crippen LogP contribution >= 0.6 is 12.6 Å². The van der Waals surface area contributed by atoms with Crippen molar-refractivity contribution < 1.29 is 4.79 Å². The van der Waals surface area contributed by atoms with Crippen LogP contribution in [0.2, 0.25) is 0 Å². The van der Waals surface area contributed by atoms with Crippen LogP contribution in [0, 0.1) is 11.8 Å². The average molecular weight is 243 g/mol. The molecular weight excluding hydrogens is 218 g/mol. The summed E-state index contributed by atoms with van der Waals surface area (Å²) >= 11 is 4.20. The molecule has 1 aliphatic heterocycles. The van der Waals surface area contributed by atoms with E-state index in [2.05, 4.69) is 31.4 Å². The number of unbranched alkanes of at least 4 members (excludes halogenated alkanes) is 1. The standard InChI is InChI=1S/C13H25NOS/c1-11(2)12-5-6-13(15)14(9-7-12)8-3-4-10-16/h11-12,16H,3-10H2,1-2H3. The molecule has 1 heterocycles. The minimum atomic E-state index is 0.363. The van der Waals surface area contributed by atoms with E-state index in [1.165, 1.54) is 6.42 Å². The highest BCUT2D eigenvalue weighted by molar-refractivity contribution is 7.80. The summed E-state index contributed by atoms with van der Waals surface area (Å²) in [5.74, 6) is 2.74. The predicted molar refractivity (Wildman–Crippen MR) is 71.8 cm³/mol. The van der Waals surface area contributed by atoms with Gasteiger partial charge in [-0.2, -0.15) is 12.6 Å². The molecule has 2 nitrogen and oxygen atoms in total. The number of rotatable bonds is 5. The molecule has 1 rings (SSSR count). The molecule has 1 aliphatic rings. The smallest absolute Gasteiger partial charge is 0.222 e. The lowest BCUT2D eigenvalue weighted by atomic mass is 9.89. The Hall–Kier alpha value is -0.180. The van der Waals surface area contributed by atoms with Crippen LogP contribution in [-0.2, 0) is 4.79 Å². The third-order valence-electron chi connectivity index (χ3n) is 3.63. The second-order valence-electron chi connectivity index (χ2n) is 5.14. The van der Waals surface area contributed by atoms with E-state index in [1.807, 2.05) is 0 Å². The molecule has 1 atom stereocenters. The molecule has 0 bridgehead atoms. The normalized spacial score (nSPS) is 22.6. The van der Waals surface area contributed by atoms with Crippen molar-refractivity contribution in [2.75, 3.05) is 18.8 Å². The number of carbonyl (C=O) groups excluding carboxylic acids is 1. The first-order chi connectivity index (χ1) is 7.65. The lowest BCUT2D eigenvalue weighted by molar-refractivity contribution is -0.130. The van der Waals surface area contributed by atoms with Gasteiger partial charge in [-0.1, -0.05) is 13.8 Å². The van der Waals surface area contributed by atoms with Crippen molar-refractivity contribution >= 4 is 18.5 Å². The molecule has 94 valence electrons. The summed E-state index contributed by atoms with van der Waals surface area (Å²) in [5, 5.41) is 0. The van der Waals surface area contributed by atoms with Gasteiger partial charge in [0.2, 0.25) is 5.91 Å². The number of hydrogen-bond acceptors (Lipinski definition) is 2. The Balaban J connectivity index is 2.38. The maximum Gasteiger partial charge on any atom is 0.222 e. The molecule has 1 fully saturated rings. The second-order valence-corrected chi connectivity index (χ2v) is 5.59. The fourth-order valence-corrected chi connectivity index (χ4v) is 2.60. The monoisotopic (exact) mass is 243 g/mol. The lowest BCUT2D eigenvalue weighted by Crippen LogP contribution is -2.31. The molecule has 0 aliphatic carbocycles. The Bertz CT molecular complexity index is 218. The van der Waals surface area contributed by atoms with Gasteiger partial charge in [0, 0.05) is 19.5 Å². The fraction of sp³-hybridized carbons (Fsp3) is 0.923.